The van der Waals surface area contributed by atoms with Crippen molar-refractivity contribution in [2.45, 2.75) is 25.8 Å². The third-order valence-corrected chi connectivity index (χ3v) is 2.86. The number of ether oxygens (including phenoxy) is 1. The van der Waals surface area contributed by atoms with Crippen molar-refractivity contribution >= 4 is 12.0 Å². The fourth-order valence-corrected chi connectivity index (χ4v) is 1.75. The Labute approximate surface area is 118 Å². The molecular formula is C14H20N2O4. The van der Waals surface area contributed by atoms with E-state index in [2.05, 4.69) is 10.6 Å². The molecule has 0 heterocycles. The van der Waals surface area contributed by atoms with E-state index in [1.54, 1.807) is 7.11 Å². The molecule has 6 nitrogen and oxygen atoms in total. The molecule has 0 fully saturated rings. The quantitative estimate of drug-likeness (QED) is 0.712. The monoisotopic (exact) mass is 280 g/mol. The van der Waals surface area contributed by atoms with E-state index in [-0.39, 0.29) is 25.0 Å². The molecule has 1 aromatic carbocycles. The molecule has 1 aromatic rings. The van der Waals surface area contributed by atoms with Gasteiger partial charge in [0.15, 0.2) is 0 Å². The molecule has 1 unspecified atom stereocenters. The van der Waals surface area contributed by atoms with Gasteiger partial charge in [-0.15, -0.1) is 0 Å². The minimum absolute atomic E-state index is 0.0905. The van der Waals surface area contributed by atoms with Gasteiger partial charge in [0.25, 0.3) is 0 Å². The fourth-order valence-electron chi connectivity index (χ4n) is 1.75. The number of nitrogens with one attached hydrogen (secondary N) is 2. The number of carboxylic acid groups (broad SMARTS) is 1. The number of amides is 2. The highest BCUT2D eigenvalue weighted by Crippen LogP contribution is 2.19. The number of rotatable bonds is 7. The van der Waals surface area contributed by atoms with Crippen LogP contribution in [0.2, 0.25) is 0 Å². The molecule has 0 aromatic heterocycles. The molecule has 2 amide bonds. The Hall–Kier alpha value is -2.24. The van der Waals surface area contributed by atoms with E-state index in [1.165, 1.54) is 0 Å². The predicted molar refractivity (Wildman–Crippen MR) is 74.8 cm³/mol. The van der Waals surface area contributed by atoms with Crippen LogP contribution in [-0.2, 0) is 4.79 Å². The largest absolute Gasteiger partial charge is 0.497 e. The number of hydrogen-bond acceptors (Lipinski definition) is 3. The first-order valence-corrected chi connectivity index (χ1v) is 6.47. The molecule has 0 radical (unpaired) electrons. The number of methoxy groups -OCH3 is 1. The molecule has 1 rings (SSSR count). The SMILES string of the molecule is CCC(NC(=O)NCCC(=O)O)c1ccc(OC)cc1. The number of carbonyl (C=O) groups is 2. The van der Waals surface area contributed by atoms with Crippen molar-refractivity contribution in [2.24, 2.45) is 0 Å². The van der Waals surface area contributed by atoms with Crippen LogP contribution in [0.25, 0.3) is 0 Å². The Morgan fingerprint density at radius 1 is 1.30 bits per heavy atom. The second-order valence-electron chi connectivity index (χ2n) is 4.28. The van der Waals surface area contributed by atoms with Gasteiger partial charge in [-0.1, -0.05) is 19.1 Å². The van der Waals surface area contributed by atoms with Crippen LogP contribution < -0.4 is 15.4 Å². The third kappa shape index (κ3) is 5.17. The molecule has 0 aliphatic carbocycles. The zero-order valence-electron chi connectivity index (χ0n) is 11.7. The molecule has 110 valence electrons. The molecule has 0 bridgehead atoms. The summed E-state index contributed by atoms with van der Waals surface area (Å²) in [7, 11) is 1.60. The lowest BCUT2D eigenvalue weighted by Crippen LogP contribution is -2.38. The topological polar surface area (TPSA) is 87.7 Å². The number of aliphatic carboxylic acids is 1. The summed E-state index contributed by atoms with van der Waals surface area (Å²) in [6, 6.07) is 6.97. The highest BCUT2D eigenvalue weighted by atomic mass is 16.5. The maximum Gasteiger partial charge on any atom is 0.315 e. The van der Waals surface area contributed by atoms with Crippen LogP contribution in [0.3, 0.4) is 0 Å². The minimum atomic E-state index is -0.938. The van der Waals surface area contributed by atoms with Gasteiger partial charge in [0.1, 0.15) is 5.75 Å². The van der Waals surface area contributed by atoms with Crippen LogP contribution in [0, 0.1) is 0 Å². The molecular weight excluding hydrogens is 260 g/mol. The molecule has 6 heteroatoms. The molecule has 3 N–H and O–H groups in total. The van der Waals surface area contributed by atoms with Crippen LogP contribution >= 0.6 is 0 Å². The normalized spacial score (nSPS) is 11.5. The van der Waals surface area contributed by atoms with Gasteiger partial charge in [-0.3, -0.25) is 4.79 Å². The highest BCUT2D eigenvalue weighted by Gasteiger charge is 2.12. The van der Waals surface area contributed by atoms with Crippen molar-refractivity contribution in [1.29, 1.82) is 0 Å². The van der Waals surface area contributed by atoms with Gasteiger partial charge < -0.3 is 20.5 Å². The zero-order chi connectivity index (χ0) is 15.0. The Balaban J connectivity index is 2.52. The van der Waals surface area contributed by atoms with E-state index in [1.807, 2.05) is 31.2 Å². The number of benzene rings is 1. The number of carboxylic acids is 1. The lowest BCUT2D eigenvalue weighted by Gasteiger charge is -2.18. The summed E-state index contributed by atoms with van der Waals surface area (Å²) >= 11 is 0. The van der Waals surface area contributed by atoms with Gasteiger partial charge in [-0.2, -0.15) is 0 Å². The van der Waals surface area contributed by atoms with Gasteiger partial charge in [0.2, 0.25) is 0 Å². The Kier molecular flexibility index (Phi) is 6.36. The molecule has 0 saturated carbocycles. The first-order chi connectivity index (χ1) is 9.56. The first kappa shape index (κ1) is 15.8. The van der Waals surface area contributed by atoms with E-state index in [0.717, 1.165) is 17.7 Å². The fraction of sp³-hybridized carbons (Fsp3) is 0.429. The smallest absolute Gasteiger partial charge is 0.315 e. The lowest BCUT2D eigenvalue weighted by molar-refractivity contribution is -0.136. The Morgan fingerprint density at radius 3 is 2.45 bits per heavy atom. The second kappa shape index (κ2) is 8.04. The Morgan fingerprint density at radius 2 is 1.95 bits per heavy atom. The predicted octanol–water partition coefficient (Wildman–Crippen LogP) is 1.92. The van der Waals surface area contributed by atoms with Crippen LogP contribution in [-0.4, -0.2) is 30.8 Å². The van der Waals surface area contributed by atoms with E-state index in [9.17, 15) is 9.59 Å². The lowest BCUT2D eigenvalue weighted by atomic mass is 10.0. The van der Waals surface area contributed by atoms with Crippen LogP contribution in [0.5, 0.6) is 5.75 Å². The summed E-state index contributed by atoms with van der Waals surface area (Å²) in [6.45, 7) is 2.08. The van der Waals surface area contributed by atoms with Gasteiger partial charge >= 0.3 is 12.0 Å². The van der Waals surface area contributed by atoms with Crippen LogP contribution in [0.15, 0.2) is 24.3 Å². The molecule has 0 aliphatic rings. The van der Waals surface area contributed by atoms with Crippen molar-refractivity contribution in [1.82, 2.24) is 10.6 Å². The summed E-state index contributed by atoms with van der Waals surface area (Å²) in [5.41, 5.74) is 0.974. The maximum atomic E-state index is 11.7. The molecule has 1 atom stereocenters. The second-order valence-corrected chi connectivity index (χ2v) is 4.28. The van der Waals surface area contributed by atoms with Gasteiger partial charge in [0.05, 0.1) is 19.6 Å². The molecule has 20 heavy (non-hydrogen) atoms. The van der Waals surface area contributed by atoms with E-state index >= 15 is 0 Å². The van der Waals surface area contributed by atoms with Crippen LogP contribution in [0.4, 0.5) is 4.79 Å². The number of hydrogen-bond donors (Lipinski definition) is 3. The number of urea groups is 1. The standard InChI is InChI=1S/C14H20N2O4/c1-3-12(10-4-6-11(20-2)7-5-10)16-14(19)15-9-8-13(17)18/h4-7,12H,3,8-9H2,1-2H3,(H,17,18)(H2,15,16,19). The average molecular weight is 280 g/mol. The van der Waals surface area contributed by atoms with Crippen molar-refractivity contribution in [2.75, 3.05) is 13.7 Å². The van der Waals surface area contributed by atoms with Gasteiger partial charge in [-0.05, 0) is 24.1 Å². The van der Waals surface area contributed by atoms with Crippen molar-refractivity contribution < 1.29 is 19.4 Å². The summed E-state index contributed by atoms with van der Waals surface area (Å²) in [5, 5.41) is 13.8. The molecule has 0 saturated heterocycles. The third-order valence-electron chi connectivity index (χ3n) is 2.86. The van der Waals surface area contributed by atoms with E-state index in [4.69, 9.17) is 9.84 Å². The van der Waals surface area contributed by atoms with E-state index in [0.29, 0.717) is 0 Å². The first-order valence-electron chi connectivity index (χ1n) is 6.47. The van der Waals surface area contributed by atoms with Gasteiger partial charge in [-0.25, -0.2) is 4.79 Å². The zero-order valence-corrected chi connectivity index (χ0v) is 11.7. The van der Waals surface area contributed by atoms with Crippen molar-refractivity contribution in [3.05, 3.63) is 29.8 Å². The summed E-state index contributed by atoms with van der Waals surface area (Å²) < 4.78 is 5.08. The van der Waals surface area contributed by atoms with Crippen molar-refractivity contribution in [3.63, 3.8) is 0 Å². The highest BCUT2D eigenvalue weighted by molar-refractivity contribution is 5.75. The average Bonchev–Trinajstić information content (AvgIpc) is 2.44. The maximum absolute atomic E-state index is 11.7. The summed E-state index contributed by atoms with van der Waals surface area (Å²) in [6.07, 6.45) is 0.644. The van der Waals surface area contributed by atoms with Crippen LogP contribution in [0.1, 0.15) is 31.4 Å². The molecule has 0 spiro atoms. The van der Waals surface area contributed by atoms with E-state index < -0.39 is 5.97 Å². The minimum Gasteiger partial charge on any atom is -0.497 e. The van der Waals surface area contributed by atoms with Crippen molar-refractivity contribution in [3.8, 4) is 5.75 Å². The summed E-state index contributed by atoms with van der Waals surface area (Å²) in [5.74, 6) is -0.179. The summed E-state index contributed by atoms with van der Waals surface area (Å²) in [4.78, 5) is 22.0. The van der Waals surface area contributed by atoms with Gasteiger partial charge in [0, 0.05) is 6.54 Å². The Bertz CT molecular complexity index is 445. The molecule has 0 aliphatic heterocycles. The number of carbonyl (C=O) groups excluding carboxylic acids is 1.